The van der Waals surface area contributed by atoms with Crippen LogP contribution in [0.3, 0.4) is 0 Å². The number of aryl methyl sites for hydroxylation is 1. The van der Waals surface area contributed by atoms with E-state index >= 15 is 0 Å². The van der Waals surface area contributed by atoms with Gasteiger partial charge in [-0.15, -0.1) is 11.3 Å². The second-order valence-corrected chi connectivity index (χ2v) is 7.57. The number of likely N-dealkylation sites (tertiary alicyclic amines) is 1. The highest BCUT2D eigenvalue weighted by molar-refractivity contribution is 7.09. The van der Waals surface area contributed by atoms with Gasteiger partial charge in [0, 0.05) is 27.7 Å². The summed E-state index contributed by atoms with van der Waals surface area (Å²) in [5, 5.41) is 4.21. The third-order valence-corrected chi connectivity index (χ3v) is 5.75. The van der Waals surface area contributed by atoms with Crippen LogP contribution in [0.4, 0.5) is 0 Å². The minimum Gasteiger partial charge on any atom is -0.333 e. The molecule has 1 unspecified atom stereocenters. The van der Waals surface area contributed by atoms with E-state index in [1.807, 2.05) is 23.3 Å². The van der Waals surface area contributed by atoms with Crippen molar-refractivity contribution >= 4 is 40.4 Å². The lowest BCUT2D eigenvalue weighted by Crippen LogP contribution is -2.39. The van der Waals surface area contributed by atoms with Crippen molar-refractivity contribution in [1.29, 1.82) is 0 Å². The summed E-state index contributed by atoms with van der Waals surface area (Å²) in [5.41, 5.74) is 1.84. The van der Waals surface area contributed by atoms with E-state index < -0.39 is 0 Å². The Balaban J connectivity index is 1.78. The molecule has 122 valence electrons. The molecule has 0 saturated carbocycles. The molecule has 3 rings (SSSR count). The Morgan fingerprint density at radius 1 is 1.39 bits per heavy atom. The van der Waals surface area contributed by atoms with Gasteiger partial charge in [0.05, 0.1) is 12.5 Å². The highest BCUT2D eigenvalue weighted by atomic mass is 35.5. The molecule has 0 spiro atoms. The average Bonchev–Trinajstić information content (AvgIpc) is 2.96. The van der Waals surface area contributed by atoms with Crippen molar-refractivity contribution in [2.75, 3.05) is 6.54 Å². The maximum atomic E-state index is 12.8. The van der Waals surface area contributed by atoms with Crippen LogP contribution >= 0.6 is 34.5 Å². The third kappa shape index (κ3) is 3.87. The number of thiazole rings is 1. The SMILES string of the molecule is Cc1csc(C2CCCCN2C(=O)Cc2ccc(Cl)cc2Cl)n1. The van der Waals surface area contributed by atoms with Crippen molar-refractivity contribution in [2.24, 2.45) is 0 Å². The Kier molecular flexibility index (Phi) is 5.24. The standard InChI is InChI=1S/C17H18Cl2N2OS/c1-11-10-23-17(20-11)15-4-2-3-7-21(15)16(22)8-12-5-6-13(18)9-14(12)19/h5-6,9-10,15H,2-4,7-8H2,1H3. The first-order valence-electron chi connectivity index (χ1n) is 7.70. The zero-order valence-electron chi connectivity index (χ0n) is 12.9. The predicted molar refractivity (Wildman–Crippen MR) is 95.3 cm³/mol. The Labute approximate surface area is 150 Å². The van der Waals surface area contributed by atoms with Gasteiger partial charge in [0.2, 0.25) is 5.91 Å². The van der Waals surface area contributed by atoms with Crippen LogP contribution in [0.1, 0.15) is 41.6 Å². The van der Waals surface area contributed by atoms with Crippen LogP contribution in [0.25, 0.3) is 0 Å². The molecule has 1 aliphatic rings. The first kappa shape index (κ1) is 16.7. The number of hydrogen-bond donors (Lipinski definition) is 0. The smallest absolute Gasteiger partial charge is 0.227 e. The van der Waals surface area contributed by atoms with E-state index in [-0.39, 0.29) is 11.9 Å². The minimum absolute atomic E-state index is 0.0982. The molecule has 0 N–H and O–H groups in total. The normalized spacial score (nSPS) is 18.2. The Morgan fingerprint density at radius 2 is 2.22 bits per heavy atom. The average molecular weight is 369 g/mol. The van der Waals surface area contributed by atoms with Crippen molar-refractivity contribution in [1.82, 2.24) is 9.88 Å². The molecule has 23 heavy (non-hydrogen) atoms. The van der Waals surface area contributed by atoms with Gasteiger partial charge in [0.15, 0.2) is 0 Å². The van der Waals surface area contributed by atoms with Crippen LogP contribution in [0, 0.1) is 6.92 Å². The van der Waals surface area contributed by atoms with Crippen molar-refractivity contribution < 1.29 is 4.79 Å². The summed E-state index contributed by atoms with van der Waals surface area (Å²) in [6, 6.07) is 5.38. The summed E-state index contributed by atoms with van der Waals surface area (Å²) in [5.74, 6) is 0.103. The van der Waals surface area contributed by atoms with Crippen molar-refractivity contribution in [2.45, 2.75) is 38.6 Å². The topological polar surface area (TPSA) is 33.2 Å². The quantitative estimate of drug-likeness (QED) is 0.758. The highest BCUT2D eigenvalue weighted by Crippen LogP contribution is 2.33. The highest BCUT2D eigenvalue weighted by Gasteiger charge is 2.30. The maximum absolute atomic E-state index is 12.8. The molecule has 6 heteroatoms. The number of rotatable bonds is 3. The molecule has 3 nitrogen and oxygen atoms in total. The molecule has 0 bridgehead atoms. The first-order chi connectivity index (χ1) is 11.0. The van der Waals surface area contributed by atoms with Crippen LogP contribution < -0.4 is 0 Å². The fourth-order valence-corrected chi connectivity index (χ4v) is 4.36. The van der Waals surface area contributed by atoms with E-state index in [9.17, 15) is 4.79 Å². The Morgan fingerprint density at radius 3 is 2.91 bits per heavy atom. The number of benzene rings is 1. The van der Waals surface area contributed by atoms with E-state index in [1.54, 1.807) is 23.5 Å². The zero-order valence-corrected chi connectivity index (χ0v) is 15.2. The largest absolute Gasteiger partial charge is 0.333 e. The molecule has 0 aliphatic carbocycles. The Hall–Kier alpha value is -1.10. The van der Waals surface area contributed by atoms with Gasteiger partial charge in [0.1, 0.15) is 5.01 Å². The van der Waals surface area contributed by atoms with Gasteiger partial charge in [-0.3, -0.25) is 4.79 Å². The maximum Gasteiger partial charge on any atom is 0.227 e. The minimum atomic E-state index is 0.0982. The molecule has 1 aliphatic heterocycles. The first-order valence-corrected chi connectivity index (χ1v) is 9.33. The Bertz CT molecular complexity index is 716. The van der Waals surface area contributed by atoms with Crippen LogP contribution in [-0.2, 0) is 11.2 Å². The summed E-state index contributed by atoms with van der Waals surface area (Å²) in [6.07, 6.45) is 3.46. The second kappa shape index (κ2) is 7.20. The van der Waals surface area contributed by atoms with Crippen LogP contribution in [0.5, 0.6) is 0 Å². The number of piperidine rings is 1. The summed E-state index contributed by atoms with van der Waals surface area (Å²) in [4.78, 5) is 19.4. The number of carbonyl (C=O) groups is 1. The van der Waals surface area contributed by atoms with Gasteiger partial charge in [-0.2, -0.15) is 0 Å². The van der Waals surface area contributed by atoms with Crippen molar-refractivity contribution in [3.8, 4) is 0 Å². The lowest BCUT2D eigenvalue weighted by Gasteiger charge is -2.34. The summed E-state index contributed by atoms with van der Waals surface area (Å²) >= 11 is 13.8. The summed E-state index contributed by atoms with van der Waals surface area (Å²) in [7, 11) is 0. The summed E-state index contributed by atoms with van der Waals surface area (Å²) < 4.78 is 0. The van der Waals surface area contributed by atoms with Crippen LogP contribution in [0.15, 0.2) is 23.6 Å². The number of nitrogens with zero attached hydrogens (tertiary/aromatic N) is 2. The van der Waals surface area contributed by atoms with E-state index in [0.717, 1.165) is 42.1 Å². The van der Waals surface area contributed by atoms with Gasteiger partial charge >= 0.3 is 0 Å². The number of aromatic nitrogens is 1. The number of halogens is 2. The number of carbonyl (C=O) groups excluding carboxylic acids is 1. The molecule has 1 fully saturated rings. The fraction of sp³-hybridized carbons (Fsp3) is 0.412. The number of amides is 1. The van der Waals surface area contributed by atoms with E-state index in [0.29, 0.717) is 16.5 Å². The fourth-order valence-electron chi connectivity index (χ4n) is 2.94. The van der Waals surface area contributed by atoms with E-state index in [1.165, 1.54) is 0 Å². The van der Waals surface area contributed by atoms with Crippen molar-refractivity contribution in [3.63, 3.8) is 0 Å². The lowest BCUT2D eigenvalue weighted by atomic mass is 10.0. The molecule has 2 aromatic rings. The van der Waals surface area contributed by atoms with Gasteiger partial charge in [-0.1, -0.05) is 29.3 Å². The summed E-state index contributed by atoms with van der Waals surface area (Å²) in [6.45, 7) is 2.77. The molecular formula is C17H18Cl2N2OS. The number of hydrogen-bond acceptors (Lipinski definition) is 3. The predicted octanol–water partition coefficient (Wildman–Crippen LogP) is 5.05. The molecule has 1 aromatic heterocycles. The third-order valence-electron chi connectivity index (χ3n) is 4.10. The monoisotopic (exact) mass is 368 g/mol. The molecule has 1 aromatic carbocycles. The molecule has 1 amide bonds. The molecule has 2 heterocycles. The molecule has 1 saturated heterocycles. The van der Waals surface area contributed by atoms with Gasteiger partial charge in [-0.25, -0.2) is 4.98 Å². The van der Waals surface area contributed by atoms with Crippen LogP contribution in [-0.4, -0.2) is 22.3 Å². The molecular weight excluding hydrogens is 351 g/mol. The molecule has 0 radical (unpaired) electrons. The second-order valence-electron chi connectivity index (χ2n) is 5.84. The van der Waals surface area contributed by atoms with Crippen LogP contribution in [0.2, 0.25) is 10.0 Å². The zero-order chi connectivity index (χ0) is 16.4. The van der Waals surface area contributed by atoms with Gasteiger partial charge in [0.25, 0.3) is 0 Å². The molecule has 1 atom stereocenters. The van der Waals surface area contributed by atoms with E-state index in [2.05, 4.69) is 4.98 Å². The lowest BCUT2D eigenvalue weighted by molar-refractivity contribution is -0.134. The van der Waals surface area contributed by atoms with Gasteiger partial charge < -0.3 is 4.90 Å². The van der Waals surface area contributed by atoms with E-state index in [4.69, 9.17) is 23.2 Å². The van der Waals surface area contributed by atoms with Crippen molar-refractivity contribution in [3.05, 3.63) is 49.9 Å². The van der Waals surface area contributed by atoms with Gasteiger partial charge in [-0.05, 0) is 43.9 Å².